The summed E-state index contributed by atoms with van der Waals surface area (Å²) in [6.45, 7) is 0. The van der Waals surface area contributed by atoms with Gasteiger partial charge in [-0.1, -0.05) is 66.7 Å². The summed E-state index contributed by atoms with van der Waals surface area (Å²) in [4.78, 5) is 12.1. The molecule has 0 unspecified atom stereocenters. The molecule has 0 aliphatic heterocycles. The Kier molecular flexibility index (Phi) is 2.94. The van der Waals surface area contributed by atoms with E-state index in [4.69, 9.17) is 0 Å². The van der Waals surface area contributed by atoms with Crippen molar-refractivity contribution in [1.82, 2.24) is 10.2 Å². The lowest BCUT2D eigenvalue weighted by Crippen LogP contribution is -2.09. The minimum absolute atomic E-state index is 0.163. The van der Waals surface area contributed by atoms with Crippen LogP contribution in [0, 0.1) is 0 Å². The highest BCUT2D eigenvalue weighted by molar-refractivity contribution is 6.15. The predicted molar refractivity (Wildman–Crippen MR) is 103 cm³/mol. The van der Waals surface area contributed by atoms with Gasteiger partial charge >= 0.3 is 0 Å². The molecule has 5 rings (SSSR count). The molecule has 0 radical (unpaired) electrons. The third-order valence-electron chi connectivity index (χ3n) is 4.72. The molecule has 1 N–H and O–H groups in total. The fraction of sp³-hybridized carbons (Fsp3) is 0. The van der Waals surface area contributed by atoms with Crippen molar-refractivity contribution in [2.45, 2.75) is 0 Å². The Bertz CT molecular complexity index is 1320. The smallest absolute Gasteiger partial charge is 0.267 e. The van der Waals surface area contributed by atoms with E-state index in [0.717, 1.165) is 27.4 Å². The highest BCUT2D eigenvalue weighted by atomic mass is 16.1. The summed E-state index contributed by atoms with van der Waals surface area (Å²) in [6, 6.07) is 26.4. The van der Waals surface area contributed by atoms with Crippen molar-refractivity contribution in [3.8, 4) is 11.3 Å². The number of nitrogens with one attached hydrogen (secondary N) is 1. The summed E-state index contributed by atoms with van der Waals surface area (Å²) >= 11 is 0. The van der Waals surface area contributed by atoms with Gasteiger partial charge in [0, 0.05) is 10.9 Å². The highest BCUT2D eigenvalue weighted by Crippen LogP contribution is 2.35. The van der Waals surface area contributed by atoms with Gasteiger partial charge < -0.3 is 0 Å². The van der Waals surface area contributed by atoms with Crippen molar-refractivity contribution in [1.29, 1.82) is 0 Å². The van der Waals surface area contributed by atoms with Gasteiger partial charge in [-0.2, -0.15) is 5.10 Å². The molecule has 0 saturated heterocycles. The average molecular weight is 322 g/mol. The zero-order valence-corrected chi connectivity index (χ0v) is 13.4. The van der Waals surface area contributed by atoms with Gasteiger partial charge in [0.25, 0.3) is 5.56 Å². The van der Waals surface area contributed by atoms with Gasteiger partial charge in [-0.3, -0.25) is 4.79 Å². The molecular formula is C22H14N2O. The third kappa shape index (κ3) is 2.06. The zero-order valence-electron chi connectivity index (χ0n) is 13.4. The van der Waals surface area contributed by atoms with Gasteiger partial charge in [0.05, 0.1) is 11.1 Å². The van der Waals surface area contributed by atoms with Gasteiger partial charge in [0.1, 0.15) is 0 Å². The summed E-state index contributed by atoms with van der Waals surface area (Å²) in [5, 5.41) is 13.3. The minimum atomic E-state index is -0.163. The third-order valence-corrected chi connectivity index (χ3v) is 4.72. The van der Waals surface area contributed by atoms with Crippen LogP contribution in [0.5, 0.6) is 0 Å². The molecule has 1 heterocycles. The van der Waals surface area contributed by atoms with Crippen LogP contribution in [0.1, 0.15) is 0 Å². The van der Waals surface area contributed by atoms with Crippen molar-refractivity contribution < 1.29 is 0 Å². The van der Waals surface area contributed by atoms with E-state index in [2.05, 4.69) is 52.7 Å². The van der Waals surface area contributed by atoms with E-state index in [1.807, 2.05) is 36.4 Å². The zero-order chi connectivity index (χ0) is 16.8. The second-order valence-electron chi connectivity index (χ2n) is 6.14. The van der Waals surface area contributed by atoms with Crippen LogP contribution in [0.3, 0.4) is 0 Å². The van der Waals surface area contributed by atoms with Crippen LogP contribution >= 0.6 is 0 Å². The molecule has 0 fully saturated rings. The molecule has 1 aromatic heterocycles. The molecule has 0 saturated carbocycles. The Morgan fingerprint density at radius 2 is 1.24 bits per heavy atom. The van der Waals surface area contributed by atoms with Crippen molar-refractivity contribution >= 4 is 32.3 Å². The van der Waals surface area contributed by atoms with Crippen LogP contribution in [0.4, 0.5) is 0 Å². The Labute approximate surface area is 143 Å². The molecule has 118 valence electrons. The van der Waals surface area contributed by atoms with Crippen LogP contribution in [0.15, 0.2) is 83.7 Å². The molecular weight excluding hydrogens is 308 g/mol. The summed E-state index contributed by atoms with van der Waals surface area (Å²) in [5.74, 6) is 0. The van der Waals surface area contributed by atoms with Gasteiger partial charge in [-0.25, -0.2) is 5.10 Å². The molecule has 0 aliphatic rings. The minimum Gasteiger partial charge on any atom is -0.267 e. The Balaban J connectivity index is 1.99. The van der Waals surface area contributed by atoms with E-state index in [0.29, 0.717) is 5.39 Å². The molecule has 5 aromatic rings. The number of nitrogens with zero attached hydrogens (tertiary/aromatic N) is 1. The Hall–Kier alpha value is -3.46. The topological polar surface area (TPSA) is 45.8 Å². The summed E-state index contributed by atoms with van der Waals surface area (Å²) in [7, 11) is 0. The first-order valence-corrected chi connectivity index (χ1v) is 8.21. The maximum atomic E-state index is 12.1. The summed E-state index contributed by atoms with van der Waals surface area (Å²) in [6.07, 6.45) is 0. The van der Waals surface area contributed by atoms with E-state index >= 15 is 0 Å². The first-order chi connectivity index (χ1) is 12.3. The lowest BCUT2D eigenvalue weighted by molar-refractivity contribution is 1.02. The van der Waals surface area contributed by atoms with E-state index in [-0.39, 0.29) is 5.56 Å². The van der Waals surface area contributed by atoms with Gasteiger partial charge in [-0.05, 0) is 33.7 Å². The molecule has 0 atom stereocenters. The molecule has 3 nitrogen and oxygen atoms in total. The van der Waals surface area contributed by atoms with Crippen molar-refractivity contribution in [2.24, 2.45) is 0 Å². The van der Waals surface area contributed by atoms with Crippen LogP contribution in [-0.4, -0.2) is 10.2 Å². The van der Waals surface area contributed by atoms with Crippen LogP contribution in [0.2, 0.25) is 0 Å². The van der Waals surface area contributed by atoms with Gasteiger partial charge in [0.15, 0.2) is 0 Å². The number of aromatic amines is 1. The van der Waals surface area contributed by atoms with Crippen LogP contribution in [0.25, 0.3) is 43.6 Å². The molecule has 0 spiro atoms. The molecule has 0 amide bonds. The second-order valence-corrected chi connectivity index (χ2v) is 6.14. The number of fused-ring (bicyclic) bond motifs is 4. The summed E-state index contributed by atoms with van der Waals surface area (Å²) < 4.78 is 0. The standard InChI is InChI=1S/C22H14N2O/c25-22-19-12-6-5-11-18(19)21(23-24-22)20-13-14-7-1-2-8-15(14)16-9-3-4-10-17(16)20/h1-13H,(H,24,25). The normalized spacial score (nSPS) is 11.4. The first-order valence-electron chi connectivity index (χ1n) is 8.21. The number of benzene rings is 4. The molecule has 4 aromatic carbocycles. The quantitative estimate of drug-likeness (QED) is 0.446. The monoisotopic (exact) mass is 322 g/mol. The lowest BCUT2D eigenvalue weighted by atomic mass is 9.94. The molecule has 0 aliphatic carbocycles. The molecule has 0 bridgehead atoms. The summed E-state index contributed by atoms with van der Waals surface area (Å²) in [5.41, 5.74) is 1.67. The predicted octanol–water partition coefficient (Wildman–Crippen LogP) is 4.90. The van der Waals surface area contributed by atoms with E-state index in [9.17, 15) is 4.79 Å². The largest absolute Gasteiger partial charge is 0.272 e. The fourth-order valence-electron chi connectivity index (χ4n) is 3.57. The van der Waals surface area contributed by atoms with Crippen molar-refractivity contribution in [3.05, 3.63) is 89.2 Å². The van der Waals surface area contributed by atoms with Crippen molar-refractivity contribution in [2.75, 3.05) is 0 Å². The molecule has 25 heavy (non-hydrogen) atoms. The Morgan fingerprint density at radius 3 is 2.04 bits per heavy atom. The number of rotatable bonds is 1. The lowest BCUT2D eigenvalue weighted by Gasteiger charge is -2.11. The molecule has 3 heteroatoms. The van der Waals surface area contributed by atoms with Crippen molar-refractivity contribution in [3.63, 3.8) is 0 Å². The number of hydrogen-bond acceptors (Lipinski definition) is 2. The number of aromatic nitrogens is 2. The van der Waals surface area contributed by atoms with E-state index in [1.54, 1.807) is 0 Å². The van der Waals surface area contributed by atoms with E-state index < -0.39 is 0 Å². The maximum Gasteiger partial charge on any atom is 0.272 e. The van der Waals surface area contributed by atoms with Gasteiger partial charge in [0.2, 0.25) is 0 Å². The average Bonchev–Trinajstić information content (AvgIpc) is 2.68. The number of H-pyrrole nitrogens is 1. The fourth-order valence-corrected chi connectivity index (χ4v) is 3.57. The van der Waals surface area contributed by atoms with Crippen LogP contribution in [-0.2, 0) is 0 Å². The first kappa shape index (κ1) is 13.9. The highest BCUT2D eigenvalue weighted by Gasteiger charge is 2.13. The van der Waals surface area contributed by atoms with Gasteiger partial charge in [-0.15, -0.1) is 0 Å². The Morgan fingerprint density at radius 1 is 0.640 bits per heavy atom. The van der Waals surface area contributed by atoms with Crippen LogP contribution < -0.4 is 5.56 Å². The van der Waals surface area contributed by atoms with E-state index in [1.165, 1.54) is 10.8 Å². The SMILES string of the molecule is O=c1[nH]nc(-c2cc3ccccc3c3ccccc23)c2ccccc12. The maximum absolute atomic E-state index is 12.1. The second kappa shape index (κ2) is 5.28. The number of hydrogen-bond donors (Lipinski definition) is 1.